The van der Waals surface area contributed by atoms with Crippen LogP contribution in [-0.2, 0) is 0 Å². The Morgan fingerprint density at radius 3 is 2.37 bits per heavy atom. The minimum Gasteiger partial charge on any atom is -0.429 e. The second-order valence-corrected chi connectivity index (χ2v) is 5.29. The summed E-state index contributed by atoms with van der Waals surface area (Å²) >= 11 is 8.67. The van der Waals surface area contributed by atoms with Crippen molar-refractivity contribution in [2.45, 2.75) is 0 Å². The summed E-state index contributed by atoms with van der Waals surface area (Å²) < 4.78 is 6.64. The van der Waals surface area contributed by atoms with Gasteiger partial charge < -0.3 is 9.40 Å². The molecule has 1 aromatic heterocycles. The number of H-pyrrole nitrogens is 1. The molecule has 0 aliphatic carbocycles. The van der Waals surface area contributed by atoms with Crippen LogP contribution in [0.2, 0.25) is 0 Å². The fraction of sp³-hybridized carbons (Fsp3) is 0. The smallest absolute Gasteiger partial charge is 0.266 e. The second-order valence-electron chi connectivity index (χ2n) is 4.06. The van der Waals surface area contributed by atoms with Crippen LogP contribution < -0.4 is 0 Å². The highest BCUT2D eigenvalue weighted by Gasteiger charge is 2.14. The molecular formula is C15H10BrNOS. The molecule has 2 aromatic carbocycles. The fourth-order valence-electron chi connectivity index (χ4n) is 1.97. The third kappa shape index (κ3) is 2.41. The minimum atomic E-state index is 0.379. The fourth-order valence-corrected chi connectivity index (χ4v) is 2.62. The number of aromatic amines is 1. The summed E-state index contributed by atoms with van der Waals surface area (Å²) in [6.07, 6.45) is 0. The molecule has 2 nitrogen and oxygen atoms in total. The van der Waals surface area contributed by atoms with Crippen LogP contribution in [0.4, 0.5) is 0 Å². The summed E-state index contributed by atoms with van der Waals surface area (Å²) in [4.78, 5) is 3.49. The van der Waals surface area contributed by atoms with Crippen LogP contribution in [0.25, 0.3) is 22.6 Å². The molecule has 3 rings (SSSR count). The van der Waals surface area contributed by atoms with Gasteiger partial charge in [-0.1, -0.05) is 64.5 Å². The van der Waals surface area contributed by atoms with Crippen LogP contribution in [0.3, 0.4) is 0 Å². The topological polar surface area (TPSA) is 28.9 Å². The first-order valence-corrected chi connectivity index (χ1v) is 6.99. The Balaban J connectivity index is 2.24. The molecule has 0 unspecified atom stereocenters. The standard InChI is InChI=1S/C15H10BrNOS/c16-12-9-5-4-8-11(12)14-13(17-15(19)18-14)10-6-2-1-3-7-10/h1-9H,(H,17,19). The Morgan fingerprint density at radius 1 is 0.947 bits per heavy atom. The van der Waals surface area contributed by atoms with E-state index in [-0.39, 0.29) is 0 Å². The summed E-state index contributed by atoms with van der Waals surface area (Å²) in [5.41, 5.74) is 2.93. The van der Waals surface area contributed by atoms with Gasteiger partial charge in [-0.3, -0.25) is 0 Å². The van der Waals surface area contributed by atoms with E-state index in [1.54, 1.807) is 0 Å². The van der Waals surface area contributed by atoms with Crippen molar-refractivity contribution >= 4 is 28.1 Å². The molecule has 1 heterocycles. The maximum atomic E-state index is 5.67. The van der Waals surface area contributed by atoms with Gasteiger partial charge in [0.25, 0.3) is 4.84 Å². The van der Waals surface area contributed by atoms with Crippen molar-refractivity contribution in [1.82, 2.24) is 4.98 Å². The molecule has 94 valence electrons. The number of aromatic nitrogens is 1. The summed E-state index contributed by atoms with van der Waals surface area (Å²) in [7, 11) is 0. The quantitative estimate of drug-likeness (QED) is 0.634. The Kier molecular flexibility index (Phi) is 3.36. The second kappa shape index (κ2) is 5.15. The van der Waals surface area contributed by atoms with Crippen molar-refractivity contribution in [3.8, 4) is 22.6 Å². The summed E-state index contributed by atoms with van der Waals surface area (Å²) in [5.74, 6) is 0.753. The third-order valence-electron chi connectivity index (χ3n) is 2.83. The molecule has 1 N–H and O–H groups in total. The van der Waals surface area contributed by atoms with Crippen molar-refractivity contribution in [3.63, 3.8) is 0 Å². The van der Waals surface area contributed by atoms with Crippen LogP contribution in [0.1, 0.15) is 0 Å². The molecule has 0 spiro atoms. The zero-order valence-corrected chi connectivity index (χ0v) is 12.3. The normalized spacial score (nSPS) is 10.6. The van der Waals surface area contributed by atoms with Gasteiger partial charge in [-0.2, -0.15) is 0 Å². The molecule has 0 radical (unpaired) electrons. The van der Waals surface area contributed by atoms with E-state index in [0.29, 0.717) is 4.84 Å². The summed E-state index contributed by atoms with van der Waals surface area (Å²) in [5, 5.41) is 0. The van der Waals surface area contributed by atoms with E-state index in [1.165, 1.54) is 0 Å². The number of hydrogen-bond acceptors (Lipinski definition) is 2. The van der Waals surface area contributed by atoms with E-state index >= 15 is 0 Å². The van der Waals surface area contributed by atoms with Gasteiger partial charge in [0.15, 0.2) is 5.76 Å². The first kappa shape index (κ1) is 12.4. The van der Waals surface area contributed by atoms with Gasteiger partial charge >= 0.3 is 0 Å². The van der Waals surface area contributed by atoms with Crippen molar-refractivity contribution < 1.29 is 4.42 Å². The number of hydrogen-bond donors (Lipinski definition) is 1. The lowest BCUT2D eigenvalue weighted by atomic mass is 10.1. The van der Waals surface area contributed by atoms with E-state index in [4.69, 9.17) is 16.6 Å². The average molecular weight is 332 g/mol. The number of oxazole rings is 1. The van der Waals surface area contributed by atoms with Crippen LogP contribution in [0.5, 0.6) is 0 Å². The SMILES string of the molecule is S=c1[nH]c(-c2ccccc2)c(-c2ccccc2Br)o1. The first-order chi connectivity index (χ1) is 9.25. The van der Waals surface area contributed by atoms with Gasteiger partial charge in [-0.15, -0.1) is 0 Å². The van der Waals surface area contributed by atoms with Crippen molar-refractivity contribution in [2.24, 2.45) is 0 Å². The maximum Gasteiger partial charge on any atom is 0.266 e. The lowest BCUT2D eigenvalue weighted by Crippen LogP contribution is -1.83. The van der Waals surface area contributed by atoms with Gasteiger partial charge in [-0.05, 0) is 18.3 Å². The van der Waals surface area contributed by atoms with Crippen LogP contribution in [0.15, 0.2) is 63.5 Å². The molecule has 0 atom stereocenters. The maximum absolute atomic E-state index is 5.67. The highest BCUT2D eigenvalue weighted by Crippen LogP contribution is 2.35. The molecule has 0 saturated carbocycles. The van der Waals surface area contributed by atoms with E-state index in [0.717, 1.165) is 27.1 Å². The van der Waals surface area contributed by atoms with E-state index < -0.39 is 0 Å². The predicted molar refractivity (Wildman–Crippen MR) is 82.5 cm³/mol. The van der Waals surface area contributed by atoms with Crippen molar-refractivity contribution in [2.75, 3.05) is 0 Å². The van der Waals surface area contributed by atoms with Gasteiger partial charge in [0.1, 0.15) is 0 Å². The Morgan fingerprint density at radius 2 is 1.63 bits per heavy atom. The zero-order chi connectivity index (χ0) is 13.2. The summed E-state index contributed by atoms with van der Waals surface area (Å²) in [6, 6.07) is 17.9. The molecule has 0 aliphatic heterocycles. The lowest BCUT2D eigenvalue weighted by Gasteiger charge is -2.04. The Labute approximate surface area is 124 Å². The number of halogens is 1. The highest BCUT2D eigenvalue weighted by atomic mass is 79.9. The number of benzene rings is 2. The van der Waals surface area contributed by atoms with Crippen LogP contribution in [0, 0.1) is 4.84 Å². The molecule has 0 fully saturated rings. The monoisotopic (exact) mass is 331 g/mol. The number of nitrogens with one attached hydrogen (secondary N) is 1. The molecular weight excluding hydrogens is 322 g/mol. The van der Waals surface area contributed by atoms with E-state index in [1.807, 2.05) is 54.6 Å². The molecule has 0 saturated heterocycles. The minimum absolute atomic E-state index is 0.379. The van der Waals surface area contributed by atoms with Crippen molar-refractivity contribution in [1.29, 1.82) is 0 Å². The molecule has 3 aromatic rings. The molecule has 4 heteroatoms. The van der Waals surface area contributed by atoms with E-state index in [9.17, 15) is 0 Å². The van der Waals surface area contributed by atoms with Gasteiger partial charge in [-0.25, -0.2) is 0 Å². The zero-order valence-electron chi connectivity index (χ0n) is 9.89. The molecule has 0 aliphatic rings. The number of rotatable bonds is 2. The molecule has 0 bridgehead atoms. The van der Waals surface area contributed by atoms with Gasteiger partial charge in [0.05, 0.1) is 5.69 Å². The molecule has 19 heavy (non-hydrogen) atoms. The molecule has 0 amide bonds. The third-order valence-corrected chi connectivity index (χ3v) is 3.71. The average Bonchev–Trinajstić information content (AvgIpc) is 2.82. The lowest BCUT2D eigenvalue weighted by molar-refractivity contribution is 0.554. The van der Waals surface area contributed by atoms with Crippen LogP contribution >= 0.6 is 28.1 Å². The largest absolute Gasteiger partial charge is 0.429 e. The summed E-state index contributed by atoms with van der Waals surface area (Å²) in [6.45, 7) is 0. The van der Waals surface area contributed by atoms with Gasteiger partial charge in [0.2, 0.25) is 0 Å². The predicted octanol–water partition coefficient (Wildman–Crippen LogP) is 5.43. The van der Waals surface area contributed by atoms with Gasteiger partial charge in [0, 0.05) is 15.6 Å². The Hall–Kier alpha value is -1.65. The first-order valence-electron chi connectivity index (χ1n) is 5.79. The Bertz CT molecular complexity index is 761. The highest BCUT2D eigenvalue weighted by molar-refractivity contribution is 9.10. The van der Waals surface area contributed by atoms with E-state index in [2.05, 4.69) is 20.9 Å². The van der Waals surface area contributed by atoms with Crippen molar-refractivity contribution in [3.05, 3.63) is 63.9 Å². The van der Waals surface area contributed by atoms with Crippen LogP contribution in [-0.4, -0.2) is 4.98 Å².